The molecule has 1 aliphatic heterocycles. The van der Waals surface area contributed by atoms with E-state index < -0.39 is 0 Å². The first-order chi connectivity index (χ1) is 8.18. The summed E-state index contributed by atoms with van der Waals surface area (Å²) in [6.45, 7) is 4.78. The number of hydrogen-bond acceptors (Lipinski definition) is 3. The van der Waals surface area contributed by atoms with Crippen molar-refractivity contribution in [2.75, 3.05) is 26.3 Å². The largest absolute Gasteiger partial charge is 0.380 e. The van der Waals surface area contributed by atoms with Crippen LogP contribution in [0.4, 0.5) is 0 Å². The van der Waals surface area contributed by atoms with Crippen LogP contribution in [-0.2, 0) is 4.74 Å². The lowest BCUT2D eigenvalue weighted by Crippen LogP contribution is -2.33. The van der Waals surface area contributed by atoms with Gasteiger partial charge in [0.25, 0.3) is 5.91 Å². The van der Waals surface area contributed by atoms with E-state index in [1.54, 1.807) is 0 Å². The van der Waals surface area contributed by atoms with Gasteiger partial charge in [0.15, 0.2) is 0 Å². The highest BCUT2D eigenvalue weighted by atomic mass is 32.1. The van der Waals surface area contributed by atoms with Crippen molar-refractivity contribution >= 4 is 18.5 Å². The van der Waals surface area contributed by atoms with E-state index in [4.69, 9.17) is 4.74 Å². The number of carbonyl (C=O) groups is 1. The molecule has 0 saturated carbocycles. The smallest absolute Gasteiger partial charge is 0.254 e. The van der Waals surface area contributed by atoms with Gasteiger partial charge in [0.1, 0.15) is 0 Å². The molecule has 1 amide bonds. The molecule has 1 aromatic carbocycles. The van der Waals surface area contributed by atoms with Crippen LogP contribution < -0.4 is 0 Å². The van der Waals surface area contributed by atoms with E-state index in [1.807, 2.05) is 30.0 Å². The summed E-state index contributed by atoms with van der Waals surface area (Å²) >= 11 is 4.29. The minimum Gasteiger partial charge on any atom is -0.380 e. The van der Waals surface area contributed by atoms with Crippen LogP contribution in [0.25, 0.3) is 0 Å². The van der Waals surface area contributed by atoms with Crippen LogP contribution in [0.15, 0.2) is 23.1 Å². The lowest BCUT2D eigenvalue weighted by Gasteiger charge is -2.20. The first-order valence-corrected chi connectivity index (χ1v) is 6.30. The summed E-state index contributed by atoms with van der Waals surface area (Å²) in [5.74, 6) is 0.0869. The lowest BCUT2D eigenvalue weighted by molar-refractivity contribution is 0.0740. The van der Waals surface area contributed by atoms with Crippen molar-refractivity contribution in [3.63, 3.8) is 0 Å². The monoisotopic (exact) mass is 251 g/mol. The third-order valence-corrected chi connectivity index (χ3v) is 3.24. The molecule has 1 heterocycles. The third-order valence-electron chi connectivity index (χ3n) is 2.96. The van der Waals surface area contributed by atoms with Gasteiger partial charge >= 0.3 is 0 Å². The zero-order valence-electron chi connectivity index (χ0n) is 9.98. The minimum atomic E-state index is 0.0869. The van der Waals surface area contributed by atoms with Crippen LogP contribution in [0.3, 0.4) is 0 Å². The Hall–Kier alpha value is -1.00. The maximum absolute atomic E-state index is 12.4. The molecule has 1 aromatic rings. The van der Waals surface area contributed by atoms with E-state index >= 15 is 0 Å². The van der Waals surface area contributed by atoms with Crippen LogP contribution in [-0.4, -0.2) is 37.1 Å². The molecule has 92 valence electrons. The second kappa shape index (κ2) is 5.56. The summed E-state index contributed by atoms with van der Waals surface area (Å²) in [7, 11) is 0. The number of ether oxygens (including phenoxy) is 1. The molecule has 2 rings (SSSR count). The summed E-state index contributed by atoms with van der Waals surface area (Å²) in [6.07, 6.45) is 0.908. The van der Waals surface area contributed by atoms with E-state index in [9.17, 15) is 4.79 Å². The first-order valence-electron chi connectivity index (χ1n) is 5.85. The van der Waals surface area contributed by atoms with Gasteiger partial charge in [-0.25, -0.2) is 0 Å². The zero-order valence-corrected chi connectivity index (χ0v) is 10.9. The molecule has 0 N–H and O–H groups in total. The molecule has 0 atom stereocenters. The minimum absolute atomic E-state index is 0.0869. The zero-order chi connectivity index (χ0) is 12.3. The number of benzene rings is 1. The number of thiol groups is 1. The maximum Gasteiger partial charge on any atom is 0.254 e. The van der Waals surface area contributed by atoms with E-state index in [0.29, 0.717) is 13.2 Å². The topological polar surface area (TPSA) is 29.5 Å². The second-order valence-electron chi connectivity index (χ2n) is 4.26. The van der Waals surface area contributed by atoms with E-state index in [2.05, 4.69) is 12.6 Å². The SMILES string of the molecule is Cc1ccc(S)cc1C(=O)N1CCCOCC1. The Labute approximate surface area is 107 Å². The average Bonchev–Trinajstić information content (AvgIpc) is 2.60. The molecular weight excluding hydrogens is 234 g/mol. The molecule has 0 radical (unpaired) electrons. The van der Waals surface area contributed by atoms with Gasteiger partial charge in [-0.1, -0.05) is 6.07 Å². The highest BCUT2D eigenvalue weighted by molar-refractivity contribution is 7.80. The molecule has 0 aromatic heterocycles. The number of carbonyl (C=O) groups excluding carboxylic acids is 1. The van der Waals surface area contributed by atoms with Gasteiger partial charge in [-0.15, -0.1) is 12.6 Å². The molecule has 4 heteroatoms. The van der Waals surface area contributed by atoms with Crippen LogP contribution in [0.1, 0.15) is 22.3 Å². The third kappa shape index (κ3) is 3.01. The Morgan fingerprint density at radius 1 is 1.35 bits per heavy atom. The molecule has 17 heavy (non-hydrogen) atoms. The van der Waals surface area contributed by atoms with Gasteiger partial charge in [-0.3, -0.25) is 4.79 Å². The Bertz CT molecular complexity index is 412. The molecule has 0 unspecified atom stereocenters. The summed E-state index contributed by atoms with van der Waals surface area (Å²) in [5, 5.41) is 0. The highest BCUT2D eigenvalue weighted by Gasteiger charge is 2.18. The molecule has 3 nitrogen and oxygen atoms in total. The Morgan fingerprint density at radius 2 is 2.18 bits per heavy atom. The van der Waals surface area contributed by atoms with Crippen molar-refractivity contribution < 1.29 is 9.53 Å². The molecule has 0 spiro atoms. The van der Waals surface area contributed by atoms with Gasteiger partial charge in [0.2, 0.25) is 0 Å². The fourth-order valence-electron chi connectivity index (χ4n) is 1.96. The molecule has 1 saturated heterocycles. The molecule has 1 fully saturated rings. The Balaban J connectivity index is 2.20. The number of rotatable bonds is 1. The summed E-state index contributed by atoms with van der Waals surface area (Å²) in [4.78, 5) is 15.0. The number of nitrogens with zero attached hydrogens (tertiary/aromatic N) is 1. The standard InChI is InChI=1S/C13H17NO2S/c1-10-3-4-11(17)9-12(10)13(15)14-5-2-7-16-8-6-14/h3-4,9,17H,2,5-8H2,1H3. The maximum atomic E-state index is 12.4. The highest BCUT2D eigenvalue weighted by Crippen LogP contribution is 2.16. The van der Waals surface area contributed by atoms with Gasteiger partial charge in [-0.2, -0.15) is 0 Å². The van der Waals surface area contributed by atoms with Gasteiger partial charge in [-0.05, 0) is 31.0 Å². The lowest BCUT2D eigenvalue weighted by atomic mass is 10.1. The van der Waals surface area contributed by atoms with Crippen molar-refractivity contribution in [1.82, 2.24) is 4.90 Å². The predicted molar refractivity (Wildman–Crippen MR) is 69.8 cm³/mol. The van der Waals surface area contributed by atoms with Crippen molar-refractivity contribution in [3.05, 3.63) is 29.3 Å². The first kappa shape index (κ1) is 12.5. The van der Waals surface area contributed by atoms with Crippen LogP contribution in [0.5, 0.6) is 0 Å². The summed E-state index contributed by atoms with van der Waals surface area (Å²) < 4.78 is 5.36. The van der Waals surface area contributed by atoms with Crippen molar-refractivity contribution in [1.29, 1.82) is 0 Å². The fraction of sp³-hybridized carbons (Fsp3) is 0.462. The summed E-state index contributed by atoms with van der Waals surface area (Å²) in [5.41, 5.74) is 1.75. The number of aryl methyl sites for hydroxylation is 1. The Kier molecular flexibility index (Phi) is 4.07. The van der Waals surface area contributed by atoms with Crippen LogP contribution >= 0.6 is 12.6 Å². The fourth-order valence-corrected chi connectivity index (χ4v) is 2.16. The van der Waals surface area contributed by atoms with E-state index in [1.165, 1.54) is 0 Å². The molecule has 0 bridgehead atoms. The predicted octanol–water partition coefficient (Wildman–Crippen LogP) is 2.15. The van der Waals surface area contributed by atoms with Crippen molar-refractivity contribution in [2.24, 2.45) is 0 Å². The molecular formula is C13H17NO2S. The molecule has 0 aliphatic carbocycles. The van der Waals surface area contributed by atoms with Crippen LogP contribution in [0, 0.1) is 6.92 Å². The number of hydrogen-bond donors (Lipinski definition) is 1. The van der Waals surface area contributed by atoms with E-state index in [-0.39, 0.29) is 5.91 Å². The Morgan fingerprint density at radius 3 is 3.00 bits per heavy atom. The van der Waals surface area contributed by atoms with Gasteiger partial charge in [0.05, 0.1) is 6.61 Å². The molecule has 1 aliphatic rings. The average molecular weight is 251 g/mol. The second-order valence-corrected chi connectivity index (χ2v) is 4.77. The quantitative estimate of drug-likeness (QED) is 0.775. The van der Waals surface area contributed by atoms with Crippen LogP contribution in [0.2, 0.25) is 0 Å². The van der Waals surface area contributed by atoms with Gasteiger partial charge in [0, 0.05) is 30.2 Å². The normalized spacial score (nSPS) is 16.7. The van der Waals surface area contributed by atoms with Gasteiger partial charge < -0.3 is 9.64 Å². The number of amides is 1. The summed E-state index contributed by atoms with van der Waals surface area (Å²) in [6, 6.07) is 5.68. The van der Waals surface area contributed by atoms with Crippen molar-refractivity contribution in [2.45, 2.75) is 18.2 Å². The van der Waals surface area contributed by atoms with E-state index in [0.717, 1.165) is 35.6 Å². The van der Waals surface area contributed by atoms with Crippen molar-refractivity contribution in [3.8, 4) is 0 Å².